The third kappa shape index (κ3) is 6.53. The standard InChI is InChI=1S/C22H19Cl3N2O4S/c1-14-2-6-17(7-3-14)27-32(29,30)18-8-9-21(20(25)11-18)31-13-22(28)26-12-15-4-5-16(23)10-19(15)24/h2-11,27H,12-13H2,1H3,(H,26,28). The summed E-state index contributed by atoms with van der Waals surface area (Å²) in [4.78, 5) is 12.0. The van der Waals surface area contributed by atoms with E-state index >= 15 is 0 Å². The third-order valence-corrected chi connectivity index (χ3v) is 6.63. The number of hydrogen-bond acceptors (Lipinski definition) is 4. The molecule has 0 aliphatic heterocycles. The van der Waals surface area contributed by atoms with E-state index in [1.165, 1.54) is 18.2 Å². The number of ether oxygens (including phenoxy) is 1. The van der Waals surface area contributed by atoms with Gasteiger partial charge >= 0.3 is 0 Å². The van der Waals surface area contributed by atoms with E-state index in [0.29, 0.717) is 21.3 Å². The summed E-state index contributed by atoms with van der Waals surface area (Å²) in [5, 5.41) is 3.68. The maximum absolute atomic E-state index is 12.6. The first-order chi connectivity index (χ1) is 15.1. The van der Waals surface area contributed by atoms with Gasteiger partial charge in [-0.3, -0.25) is 9.52 Å². The van der Waals surface area contributed by atoms with Crippen LogP contribution in [-0.2, 0) is 21.4 Å². The Balaban J connectivity index is 1.58. The molecule has 2 N–H and O–H groups in total. The lowest BCUT2D eigenvalue weighted by Gasteiger charge is -2.12. The van der Waals surface area contributed by atoms with Crippen molar-refractivity contribution in [3.8, 4) is 5.75 Å². The predicted molar refractivity (Wildman–Crippen MR) is 127 cm³/mol. The fraction of sp³-hybridized carbons (Fsp3) is 0.136. The lowest BCUT2D eigenvalue weighted by atomic mass is 10.2. The average molecular weight is 514 g/mol. The second kappa shape index (κ2) is 10.4. The quantitative estimate of drug-likeness (QED) is 0.419. The molecule has 0 saturated carbocycles. The number of carbonyl (C=O) groups excluding carboxylic acids is 1. The number of hydrogen-bond donors (Lipinski definition) is 2. The number of benzene rings is 3. The summed E-state index contributed by atoms with van der Waals surface area (Å²) in [5.74, 6) is -0.217. The molecule has 3 aromatic carbocycles. The minimum atomic E-state index is -3.83. The molecule has 0 saturated heterocycles. The van der Waals surface area contributed by atoms with Crippen LogP contribution in [0.25, 0.3) is 0 Å². The highest BCUT2D eigenvalue weighted by atomic mass is 35.5. The summed E-state index contributed by atoms with van der Waals surface area (Å²) in [6, 6.07) is 15.9. The van der Waals surface area contributed by atoms with Gasteiger partial charge in [0.15, 0.2) is 6.61 Å². The minimum Gasteiger partial charge on any atom is -0.482 e. The molecule has 1 amide bonds. The van der Waals surface area contributed by atoms with E-state index in [9.17, 15) is 13.2 Å². The number of rotatable bonds is 8. The first kappa shape index (κ1) is 24.2. The highest BCUT2D eigenvalue weighted by Crippen LogP contribution is 2.28. The molecule has 0 aliphatic carbocycles. The van der Waals surface area contributed by atoms with Gasteiger partial charge in [0.1, 0.15) is 5.75 Å². The van der Waals surface area contributed by atoms with Gasteiger partial charge in [-0.05, 0) is 55.0 Å². The zero-order chi connectivity index (χ0) is 23.3. The Labute approximate surface area is 201 Å². The van der Waals surface area contributed by atoms with Crippen molar-refractivity contribution in [2.75, 3.05) is 11.3 Å². The van der Waals surface area contributed by atoms with Crippen LogP contribution < -0.4 is 14.8 Å². The van der Waals surface area contributed by atoms with Crippen LogP contribution in [0.3, 0.4) is 0 Å². The Morgan fingerprint density at radius 3 is 2.31 bits per heavy atom. The van der Waals surface area contributed by atoms with Crippen LogP contribution in [0.5, 0.6) is 5.75 Å². The second-order valence-electron chi connectivity index (χ2n) is 6.86. The van der Waals surface area contributed by atoms with Crippen LogP contribution in [0.1, 0.15) is 11.1 Å². The average Bonchev–Trinajstić information content (AvgIpc) is 2.73. The van der Waals surface area contributed by atoms with E-state index in [4.69, 9.17) is 39.5 Å². The molecular formula is C22H19Cl3N2O4S. The molecule has 0 aliphatic rings. The molecule has 0 bridgehead atoms. The fourth-order valence-corrected chi connectivity index (χ4v) is 4.51. The molecule has 168 valence electrons. The molecule has 0 atom stereocenters. The van der Waals surface area contributed by atoms with E-state index in [2.05, 4.69) is 10.0 Å². The van der Waals surface area contributed by atoms with Crippen LogP contribution in [0.2, 0.25) is 15.1 Å². The van der Waals surface area contributed by atoms with Crippen molar-refractivity contribution in [3.63, 3.8) is 0 Å². The zero-order valence-corrected chi connectivity index (χ0v) is 19.9. The number of carbonyl (C=O) groups is 1. The van der Waals surface area contributed by atoms with Crippen molar-refractivity contribution < 1.29 is 17.9 Å². The first-order valence-electron chi connectivity index (χ1n) is 9.36. The molecule has 3 aromatic rings. The summed E-state index contributed by atoms with van der Waals surface area (Å²) in [6.45, 7) is 1.80. The topological polar surface area (TPSA) is 84.5 Å². The number of sulfonamides is 1. The molecule has 0 unspecified atom stereocenters. The number of nitrogens with one attached hydrogen (secondary N) is 2. The molecule has 0 spiro atoms. The Hall–Kier alpha value is -2.45. The molecule has 0 fully saturated rings. The molecule has 0 heterocycles. The second-order valence-corrected chi connectivity index (χ2v) is 9.80. The third-order valence-electron chi connectivity index (χ3n) is 4.37. The molecule has 10 heteroatoms. The van der Waals surface area contributed by atoms with Crippen LogP contribution >= 0.6 is 34.8 Å². The van der Waals surface area contributed by atoms with Gasteiger partial charge in [0.25, 0.3) is 15.9 Å². The Kier molecular flexibility index (Phi) is 7.90. The van der Waals surface area contributed by atoms with Gasteiger partial charge < -0.3 is 10.1 Å². The number of anilines is 1. The van der Waals surface area contributed by atoms with Crippen molar-refractivity contribution in [3.05, 3.63) is 86.9 Å². The SMILES string of the molecule is Cc1ccc(NS(=O)(=O)c2ccc(OCC(=O)NCc3ccc(Cl)cc3Cl)c(Cl)c2)cc1. The fourth-order valence-electron chi connectivity index (χ4n) is 2.65. The van der Waals surface area contributed by atoms with Crippen LogP contribution in [0, 0.1) is 6.92 Å². The molecule has 3 rings (SSSR count). The Bertz CT molecular complexity index is 1230. The van der Waals surface area contributed by atoms with Crippen LogP contribution in [0.15, 0.2) is 65.6 Å². The van der Waals surface area contributed by atoms with Crippen molar-refractivity contribution in [1.82, 2.24) is 5.32 Å². The summed E-state index contributed by atoms with van der Waals surface area (Å²) in [5.41, 5.74) is 2.15. The highest BCUT2D eigenvalue weighted by Gasteiger charge is 2.17. The highest BCUT2D eigenvalue weighted by molar-refractivity contribution is 7.92. The normalized spacial score (nSPS) is 11.1. The van der Waals surface area contributed by atoms with Crippen LogP contribution in [-0.4, -0.2) is 20.9 Å². The summed E-state index contributed by atoms with van der Waals surface area (Å²) >= 11 is 18.1. The van der Waals surface area contributed by atoms with Crippen molar-refractivity contribution >= 4 is 56.4 Å². The number of halogens is 3. The largest absolute Gasteiger partial charge is 0.482 e. The van der Waals surface area contributed by atoms with Crippen molar-refractivity contribution in [2.24, 2.45) is 0 Å². The Morgan fingerprint density at radius 1 is 0.938 bits per heavy atom. The van der Waals surface area contributed by atoms with Gasteiger partial charge in [-0.1, -0.05) is 58.6 Å². The Morgan fingerprint density at radius 2 is 1.66 bits per heavy atom. The van der Waals surface area contributed by atoms with E-state index < -0.39 is 15.9 Å². The summed E-state index contributed by atoms with van der Waals surface area (Å²) < 4.78 is 33.1. The van der Waals surface area contributed by atoms with E-state index in [-0.39, 0.29) is 28.8 Å². The molecule has 0 aromatic heterocycles. The smallest absolute Gasteiger partial charge is 0.261 e. The van der Waals surface area contributed by atoms with Gasteiger partial charge in [-0.15, -0.1) is 0 Å². The lowest BCUT2D eigenvalue weighted by Crippen LogP contribution is -2.28. The monoisotopic (exact) mass is 512 g/mol. The minimum absolute atomic E-state index is 0.0303. The van der Waals surface area contributed by atoms with E-state index in [1.807, 2.05) is 6.92 Å². The number of amides is 1. The van der Waals surface area contributed by atoms with E-state index in [1.54, 1.807) is 42.5 Å². The molecule has 0 radical (unpaired) electrons. The maximum atomic E-state index is 12.6. The summed E-state index contributed by atoms with van der Waals surface area (Å²) in [7, 11) is -3.83. The van der Waals surface area contributed by atoms with Crippen molar-refractivity contribution in [1.29, 1.82) is 0 Å². The summed E-state index contributed by atoms with van der Waals surface area (Å²) in [6.07, 6.45) is 0. The predicted octanol–water partition coefficient (Wildman–Crippen LogP) is 5.45. The van der Waals surface area contributed by atoms with Gasteiger partial charge in [0.2, 0.25) is 0 Å². The van der Waals surface area contributed by atoms with Crippen LogP contribution in [0.4, 0.5) is 5.69 Å². The van der Waals surface area contributed by atoms with Gasteiger partial charge in [0, 0.05) is 22.3 Å². The van der Waals surface area contributed by atoms with E-state index in [0.717, 1.165) is 5.56 Å². The first-order valence-corrected chi connectivity index (χ1v) is 12.0. The molecule has 32 heavy (non-hydrogen) atoms. The van der Waals surface area contributed by atoms with Crippen molar-refractivity contribution in [2.45, 2.75) is 18.4 Å². The maximum Gasteiger partial charge on any atom is 0.261 e. The molecule has 6 nitrogen and oxygen atoms in total. The number of aryl methyl sites for hydroxylation is 1. The van der Waals surface area contributed by atoms with Gasteiger partial charge in [-0.25, -0.2) is 8.42 Å². The van der Waals surface area contributed by atoms with Gasteiger partial charge in [-0.2, -0.15) is 0 Å². The van der Waals surface area contributed by atoms with Gasteiger partial charge in [0.05, 0.1) is 9.92 Å². The zero-order valence-electron chi connectivity index (χ0n) is 16.9. The molecular weight excluding hydrogens is 495 g/mol. The lowest BCUT2D eigenvalue weighted by molar-refractivity contribution is -0.123.